The molecule has 1 aliphatic rings. The van der Waals surface area contributed by atoms with Crippen LogP contribution in [0.25, 0.3) is 0 Å². The number of rotatable bonds is 5. The fraction of sp³-hybridized carbons (Fsp3) is 0.500. The number of hydrogen-bond acceptors (Lipinski definition) is 5. The van der Waals surface area contributed by atoms with E-state index in [0.29, 0.717) is 17.1 Å². The summed E-state index contributed by atoms with van der Waals surface area (Å²) < 4.78 is 30.6. The van der Waals surface area contributed by atoms with Gasteiger partial charge in [-0.25, -0.2) is 8.42 Å². The van der Waals surface area contributed by atoms with Crippen molar-refractivity contribution in [1.29, 1.82) is 0 Å². The molecule has 1 aliphatic carbocycles. The van der Waals surface area contributed by atoms with Crippen LogP contribution in [0.5, 0.6) is 5.75 Å². The fourth-order valence-electron chi connectivity index (χ4n) is 1.38. The number of nitrogens with one attached hydrogen (secondary N) is 2. The molecule has 2 N–H and O–H groups in total. The molecular formula is C10H15N3O3S. The maximum Gasteiger partial charge on any atom is 0.229 e. The van der Waals surface area contributed by atoms with Gasteiger partial charge in [-0.1, -0.05) is 0 Å². The third-order valence-electron chi connectivity index (χ3n) is 2.27. The van der Waals surface area contributed by atoms with Crippen LogP contribution in [0.15, 0.2) is 12.4 Å². The molecule has 6 nitrogen and oxygen atoms in total. The number of aromatic nitrogens is 1. The lowest BCUT2D eigenvalue weighted by molar-refractivity contribution is 0.306. The molecule has 0 aromatic carbocycles. The van der Waals surface area contributed by atoms with Crippen molar-refractivity contribution >= 4 is 21.4 Å². The largest absolute Gasteiger partial charge is 0.486 e. The normalized spacial score (nSPS) is 15.4. The minimum Gasteiger partial charge on any atom is -0.486 e. The van der Waals surface area contributed by atoms with E-state index in [1.54, 1.807) is 13.2 Å². The summed E-state index contributed by atoms with van der Waals surface area (Å²) in [5.74, 6) is 0.510. The van der Waals surface area contributed by atoms with E-state index in [9.17, 15) is 8.42 Å². The van der Waals surface area contributed by atoms with Gasteiger partial charge in [0.1, 0.15) is 5.69 Å². The van der Waals surface area contributed by atoms with Gasteiger partial charge in [0.15, 0.2) is 5.75 Å². The number of hydrogen-bond donors (Lipinski definition) is 2. The molecule has 0 saturated heterocycles. The molecule has 0 aliphatic heterocycles. The van der Waals surface area contributed by atoms with Crippen molar-refractivity contribution in [2.75, 3.05) is 23.3 Å². The molecule has 0 spiro atoms. The molecule has 1 aromatic rings. The second-order valence-electron chi connectivity index (χ2n) is 4.01. The molecule has 0 bridgehead atoms. The van der Waals surface area contributed by atoms with E-state index in [4.69, 9.17) is 4.74 Å². The SMILES string of the molecule is CNc1cncc(NS(C)(=O)=O)c1OC1CC1. The van der Waals surface area contributed by atoms with Gasteiger partial charge in [0, 0.05) is 7.05 Å². The molecule has 17 heavy (non-hydrogen) atoms. The van der Waals surface area contributed by atoms with Crippen LogP contribution in [0.1, 0.15) is 12.8 Å². The minimum atomic E-state index is -3.34. The molecule has 0 atom stereocenters. The lowest BCUT2D eigenvalue weighted by atomic mass is 10.3. The molecule has 0 amide bonds. The summed E-state index contributed by atoms with van der Waals surface area (Å²) >= 11 is 0. The molecule has 94 valence electrons. The average molecular weight is 257 g/mol. The predicted octanol–water partition coefficient (Wildman–Crippen LogP) is 1.04. The molecule has 2 rings (SSSR count). The van der Waals surface area contributed by atoms with Crippen molar-refractivity contribution in [2.45, 2.75) is 18.9 Å². The van der Waals surface area contributed by atoms with Crippen molar-refractivity contribution in [3.8, 4) is 5.75 Å². The first kappa shape index (κ1) is 12.0. The summed E-state index contributed by atoms with van der Waals surface area (Å²) in [6.45, 7) is 0. The summed E-state index contributed by atoms with van der Waals surface area (Å²) in [5, 5.41) is 2.93. The first-order valence-electron chi connectivity index (χ1n) is 5.30. The van der Waals surface area contributed by atoms with E-state index in [1.165, 1.54) is 6.20 Å². The Balaban J connectivity index is 2.34. The van der Waals surface area contributed by atoms with Gasteiger partial charge in [-0.05, 0) is 12.8 Å². The molecule has 0 unspecified atom stereocenters. The van der Waals surface area contributed by atoms with Crippen molar-refractivity contribution in [3.05, 3.63) is 12.4 Å². The maximum absolute atomic E-state index is 11.2. The van der Waals surface area contributed by atoms with Gasteiger partial charge in [0.25, 0.3) is 0 Å². The lowest BCUT2D eigenvalue weighted by Crippen LogP contribution is -2.12. The maximum atomic E-state index is 11.2. The highest BCUT2D eigenvalue weighted by molar-refractivity contribution is 7.92. The van der Waals surface area contributed by atoms with E-state index in [0.717, 1.165) is 19.1 Å². The Labute approximate surface area is 100 Å². The van der Waals surface area contributed by atoms with Gasteiger partial charge in [-0.2, -0.15) is 0 Å². The van der Waals surface area contributed by atoms with Crippen LogP contribution in [0.3, 0.4) is 0 Å². The van der Waals surface area contributed by atoms with E-state index in [1.807, 2.05) is 0 Å². The van der Waals surface area contributed by atoms with Gasteiger partial charge in [-0.15, -0.1) is 0 Å². The second kappa shape index (κ2) is 4.40. The first-order chi connectivity index (χ1) is 7.99. The Hall–Kier alpha value is -1.50. The van der Waals surface area contributed by atoms with Gasteiger partial charge < -0.3 is 10.1 Å². The standard InChI is InChI=1S/C10H15N3O3S/c1-11-8-5-12-6-9(13-17(2,14)15)10(8)16-7-3-4-7/h5-7,11,13H,3-4H2,1-2H3. The zero-order valence-electron chi connectivity index (χ0n) is 9.73. The molecule has 7 heteroatoms. The smallest absolute Gasteiger partial charge is 0.229 e. The number of sulfonamides is 1. The lowest BCUT2D eigenvalue weighted by Gasteiger charge is -2.15. The third-order valence-corrected chi connectivity index (χ3v) is 2.86. The highest BCUT2D eigenvalue weighted by Crippen LogP contribution is 2.37. The average Bonchev–Trinajstić information content (AvgIpc) is 3.02. The van der Waals surface area contributed by atoms with Crippen LogP contribution in [0.2, 0.25) is 0 Å². The Kier molecular flexibility index (Phi) is 3.10. The topological polar surface area (TPSA) is 80.3 Å². The van der Waals surface area contributed by atoms with Crippen LogP contribution >= 0.6 is 0 Å². The zero-order chi connectivity index (χ0) is 12.5. The monoisotopic (exact) mass is 257 g/mol. The molecule has 1 heterocycles. The van der Waals surface area contributed by atoms with Gasteiger partial charge >= 0.3 is 0 Å². The number of ether oxygens (including phenoxy) is 1. The van der Waals surface area contributed by atoms with Gasteiger partial charge in [-0.3, -0.25) is 9.71 Å². The van der Waals surface area contributed by atoms with Crippen LogP contribution < -0.4 is 14.8 Å². The van der Waals surface area contributed by atoms with Gasteiger partial charge in [0.05, 0.1) is 30.4 Å². The van der Waals surface area contributed by atoms with Crippen LogP contribution in [-0.4, -0.2) is 32.8 Å². The minimum absolute atomic E-state index is 0.185. The summed E-state index contributed by atoms with van der Waals surface area (Å²) in [6.07, 6.45) is 6.34. The Morgan fingerprint density at radius 3 is 2.53 bits per heavy atom. The highest BCUT2D eigenvalue weighted by Gasteiger charge is 2.26. The summed E-state index contributed by atoms with van der Waals surface area (Å²) in [6, 6.07) is 0. The third kappa shape index (κ3) is 3.23. The van der Waals surface area contributed by atoms with E-state index >= 15 is 0 Å². The quantitative estimate of drug-likeness (QED) is 0.823. The van der Waals surface area contributed by atoms with E-state index in [2.05, 4.69) is 15.0 Å². The second-order valence-corrected chi connectivity index (χ2v) is 5.75. The Morgan fingerprint density at radius 1 is 1.35 bits per heavy atom. The van der Waals surface area contributed by atoms with Crippen LogP contribution in [0.4, 0.5) is 11.4 Å². The van der Waals surface area contributed by atoms with E-state index < -0.39 is 10.0 Å². The van der Waals surface area contributed by atoms with Crippen molar-refractivity contribution < 1.29 is 13.2 Å². The van der Waals surface area contributed by atoms with Crippen molar-refractivity contribution in [2.24, 2.45) is 0 Å². The highest BCUT2D eigenvalue weighted by atomic mass is 32.2. The molecular weight excluding hydrogens is 242 g/mol. The Bertz CT molecular complexity index is 512. The number of nitrogens with zero attached hydrogens (tertiary/aromatic N) is 1. The zero-order valence-corrected chi connectivity index (χ0v) is 10.5. The first-order valence-corrected chi connectivity index (χ1v) is 7.19. The molecule has 1 fully saturated rings. The summed E-state index contributed by atoms with van der Waals surface area (Å²) in [5.41, 5.74) is 1.04. The van der Waals surface area contributed by atoms with Crippen molar-refractivity contribution in [3.63, 3.8) is 0 Å². The van der Waals surface area contributed by atoms with E-state index in [-0.39, 0.29) is 6.10 Å². The van der Waals surface area contributed by atoms with Crippen LogP contribution in [0, 0.1) is 0 Å². The molecule has 0 radical (unpaired) electrons. The predicted molar refractivity (Wildman–Crippen MR) is 65.9 cm³/mol. The van der Waals surface area contributed by atoms with Gasteiger partial charge in [0.2, 0.25) is 10.0 Å². The summed E-state index contributed by atoms with van der Waals surface area (Å²) in [7, 11) is -1.60. The number of pyridine rings is 1. The molecule has 1 aromatic heterocycles. The fourth-order valence-corrected chi connectivity index (χ4v) is 1.92. The Morgan fingerprint density at radius 2 is 2.00 bits per heavy atom. The number of anilines is 2. The van der Waals surface area contributed by atoms with Crippen LogP contribution in [-0.2, 0) is 10.0 Å². The summed E-state index contributed by atoms with van der Waals surface area (Å²) in [4.78, 5) is 3.96. The molecule has 1 saturated carbocycles. The van der Waals surface area contributed by atoms with Crippen molar-refractivity contribution in [1.82, 2.24) is 4.98 Å².